The van der Waals surface area contributed by atoms with Crippen molar-refractivity contribution in [3.8, 4) is 6.07 Å². The first-order chi connectivity index (χ1) is 16.9. The predicted octanol–water partition coefficient (Wildman–Crippen LogP) is 5.56. The molecule has 2 aromatic carbocycles. The quantitative estimate of drug-likeness (QED) is 0.367. The van der Waals surface area contributed by atoms with E-state index in [0.717, 1.165) is 17.5 Å². The van der Waals surface area contributed by atoms with Crippen LogP contribution in [0.3, 0.4) is 0 Å². The highest BCUT2D eigenvalue weighted by Gasteiger charge is 2.41. The molecule has 0 bridgehead atoms. The van der Waals surface area contributed by atoms with Gasteiger partial charge in [0.2, 0.25) is 5.91 Å². The number of nitrogens with zero attached hydrogens (tertiary/aromatic N) is 2. The number of benzene rings is 2. The average Bonchev–Trinajstić information content (AvgIpc) is 2.84. The predicted molar refractivity (Wildman–Crippen MR) is 137 cm³/mol. The van der Waals surface area contributed by atoms with E-state index in [0.29, 0.717) is 28.5 Å². The van der Waals surface area contributed by atoms with E-state index in [9.17, 15) is 9.59 Å². The molecule has 0 saturated carbocycles. The van der Waals surface area contributed by atoms with E-state index >= 15 is 0 Å². The molecule has 3 unspecified atom stereocenters. The second-order valence-electron chi connectivity index (χ2n) is 8.56. The number of carbonyl (C=O) groups excluding carboxylic acids is 2. The van der Waals surface area contributed by atoms with Crippen LogP contribution in [-0.2, 0) is 14.3 Å². The first kappa shape index (κ1) is 26.2. The molecule has 2 aromatic rings. The summed E-state index contributed by atoms with van der Waals surface area (Å²) < 4.78 is 5.38. The fourth-order valence-electron chi connectivity index (χ4n) is 4.52. The van der Waals surface area contributed by atoms with Crippen LogP contribution in [0.4, 0.5) is 0 Å². The smallest absolute Gasteiger partial charge is 0.315 e. The van der Waals surface area contributed by atoms with Gasteiger partial charge in [-0.2, -0.15) is 5.26 Å². The summed E-state index contributed by atoms with van der Waals surface area (Å²) in [5.41, 5.74) is 3.42. The van der Waals surface area contributed by atoms with Gasteiger partial charge in [-0.1, -0.05) is 61.0 Å². The van der Waals surface area contributed by atoms with Gasteiger partial charge in [0.25, 0.3) is 0 Å². The minimum absolute atomic E-state index is 0.0130. The number of aliphatic imine (C=N–C) groups is 1. The molecule has 0 spiro atoms. The SMILES string of the molecule is CCC(CNC(=O)C1=C(C)N=C(C)C(C(=O)OCCC#N)C1c1cccc(Cl)c1)c1ccccc1. The molecule has 1 heterocycles. The third-order valence-corrected chi connectivity index (χ3v) is 6.50. The minimum atomic E-state index is -0.798. The van der Waals surface area contributed by atoms with Crippen molar-refractivity contribution in [3.05, 3.63) is 82.0 Å². The van der Waals surface area contributed by atoms with Crippen LogP contribution in [0.1, 0.15) is 56.6 Å². The summed E-state index contributed by atoms with van der Waals surface area (Å²) in [6, 6.07) is 19.2. The Bertz CT molecular complexity index is 1170. The molecule has 0 aromatic heterocycles. The van der Waals surface area contributed by atoms with E-state index < -0.39 is 17.8 Å². The Morgan fingerprint density at radius 2 is 1.91 bits per heavy atom. The number of hydrogen-bond donors (Lipinski definition) is 1. The molecule has 182 valence electrons. The maximum absolute atomic E-state index is 13.6. The Kier molecular flexibility index (Phi) is 9.22. The maximum atomic E-state index is 13.6. The van der Waals surface area contributed by atoms with Crippen molar-refractivity contribution >= 4 is 29.2 Å². The largest absolute Gasteiger partial charge is 0.464 e. The molecule has 35 heavy (non-hydrogen) atoms. The molecule has 0 aliphatic carbocycles. The second kappa shape index (κ2) is 12.3. The van der Waals surface area contributed by atoms with Crippen LogP contribution in [0.2, 0.25) is 5.02 Å². The molecule has 1 amide bonds. The molecule has 0 saturated heterocycles. The third kappa shape index (κ3) is 6.37. The normalized spacial score (nSPS) is 18.3. The van der Waals surface area contributed by atoms with E-state index in [-0.39, 0.29) is 24.9 Å². The van der Waals surface area contributed by atoms with Gasteiger partial charge in [0.15, 0.2) is 0 Å². The number of amides is 1. The van der Waals surface area contributed by atoms with Gasteiger partial charge in [-0.15, -0.1) is 0 Å². The fourth-order valence-corrected chi connectivity index (χ4v) is 4.72. The lowest BCUT2D eigenvalue weighted by atomic mass is 9.75. The number of nitrogens with one attached hydrogen (secondary N) is 1. The summed E-state index contributed by atoms with van der Waals surface area (Å²) in [5.74, 6) is -2.04. The molecule has 0 fully saturated rings. The van der Waals surface area contributed by atoms with Crippen LogP contribution in [0, 0.1) is 17.2 Å². The number of carbonyl (C=O) groups is 2. The number of allylic oxidation sites excluding steroid dienone is 1. The van der Waals surface area contributed by atoms with Crippen molar-refractivity contribution in [1.29, 1.82) is 5.26 Å². The zero-order valence-electron chi connectivity index (χ0n) is 20.3. The Labute approximate surface area is 211 Å². The van der Waals surface area contributed by atoms with E-state index in [2.05, 4.69) is 29.4 Å². The summed E-state index contributed by atoms with van der Waals surface area (Å²) >= 11 is 6.28. The molecular weight excluding hydrogens is 462 g/mol. The summed E-state index contributed by atoms with van der Waals surface area (Å²) in [6.45, 7) is 6.07. The van der Waals surface area contributed by atoms with Crippen LogP contribution >= 0.6 is 11.6 Å². The van der Waals surface area contributed by atoms with Crippen molar-refractivity contribution in [2.75, 3.05) is 13.2 Å². The number of esters is 1. The van der Waals surface area contributed by atoms with Gasteiger partial charge in [-0.3, -0.25) is 14.6 Å². The number of ether oxygens (including phenoxy) is 1. The summed E-state index contributed by atoms with van der Waals surface area (Å²) in [5, 5.41) is 12.4. The topological polar surface area (TPSA) is 91.6 Å². The summed E-state index contributed by atoms with van der Waals surface area (Å²) in [7, 11) is 0. The zero-order valence-corrected chi connectivity index (χ0v) is 21.0. The van der Waals surface area contributed by atoms with Crippen LogP contribution in [0.25, 0.3) is 0 Å². The Hall–Kier alpha value is -3.43. The molecule has 1 N–H and O–H groups in total. The zero-order chi connectivity index (χ0) is 25.4. The molecule has 6 nitrogen and oxygen atoms in total. The number of rotatable bonds is 9. The monoisotopic (exact) mass is 491 g/mol. The van der Waals surface area contributed by atoms with Crippen molar-refractivity contribution in [2.24, 2.45) is 10.9 Å². The first-order valence-electron chi connectivity index (χ1n) is 11.8. The van der Waals surface area contributed by atoms with Crippen LogP contribution in [0.15, 0.2) is 70.9 Å². The minimum Gasteiger partial charge on any atom is -0.464 e. The Balaban J connectivity index is 1.94. The summed E-state index contributed by atoms with van der Waals surface area (Å²) in [4.78, 5) is 31.3. The van der Waals surface area contributed by atoms with Gasteiger partial charge in [0.1, 0.15) is 12.5 Å². The third-order valence-electron chi connectivity index (χ3n) is 6.27. The van der Waals surface area contributed by atoms with Gasteiger partial charge in [0.05, 0.1) is 12.5 Å². The molecule has 3 atom stereocenters. The van der Waals surface area contributed by atoms with E-state index in [1.807, 2.05) is 30.3 Å². The highest BCUT2D eigenvalue weighted by atomic mass is 35.5. The maximum Gasteiger partial charge on any atom is 0.315 e. The van der Waals surface area contributed by atoms with Crippen molar-refractivity contribution in [2.45, 2.75) is 45.4 Å². The van der Waals surface area contributed by atoms with Crippen molar-refractivity contribution in [3.63, 3.8) is 0 Å². The molecular formula is C28H30ClN3O3. The second-order valence-corrected chi connectivity index (χ2v) is 9.00. The van der Waals surface area contributed by atoms with Crippen LogP contribution < -0.4 is 5.32 Å². The van der Waals surface area contributed by atoms with Crippen molar-refractivity contribution in [1.82, 2.24) is 5.32 Å². The lowest BCUT2D eigenvalue weighted by molar-refractivity contribution is -0.146. The fraction of sp³-hybridized carbons (Fsp3) is 0.357. The average molecular weight is 492 g/mol. The van der Waals surface area contributed by atoms with E-state index in [4.69, 9.17) is 21.6 Å². The molecule has 7 heteroatoms. The molecule has 1 aliphatic rings. The standard InChI is InChI=1S/C28H30ClN3O3/c1-4-20(21-10-6-5-7-11-21)17-31-27(33)24-18(2)32-19(3)25(28(34)35-15-9-14-30)26(24)22-12-8-13-23(29)16-22/h5-8,10-13,16,20,25-26H,4,9,15,17H2,1-3H3,(H,31,33). The lowest BCUT2D eigenvalue weighted by Gasteiger charge is -2.32. The first-order valence-corrected chi connectivity index (χ1v) is 12.1. The molecule has 0 radical (unpaired) electrons. The van der Waals surface area contributed by atoms with Gasteiger partial charge in [-0.05, 0) is 43.5 Å². The lowest BCUT2D eigenvalue weighted by Crippen LogP contribution is -2.40. The van der Waals surface area contributed by atoms with Gasteiger partial charge < -0.3 is 10.1 Å². The Morgan fingerprint density at radius 3 is 2.57 bits per heavy atom. The highest BCUT2D eigenvalue weighted by Crippen LogP contribution is 2.40. The Morgan fingerprint density at radius 1 is 1.17 bits per heavy atom. The van der Waals surface area contributed by atoms with Gasteiger partial charge >= 0.3 is 5.97 Å². The number of hydrogen-bond acceptors (Lipinski definition) is 5. The molecule has 3 rings (SSSR count). The van der Waals surface area contributed by atoms with Crippen LogP contribution in [-0.4, -0.2) is 30.7 Å². The van der Waals surface area contributed by atoms with Gasteiger partial charge in [-0.25, -0.2) is 0 Å². The van der Waals surface area contributed by atoms with Crippen molar-refractivity contribution < 1.29 is 14.3 Å². The van der Waals surface area contributed by atoms with E-state index in [1.54, 1.807) is 32.0 Å². The van der Waals surface area contributed by atoms with E-state index in [1.165, 1.54) is 0 Å². The van der Waals surface area contributed by atoms with Crippen LogP contribution in [0.5, 0.6) is 0 Å². The summed E-state index contributed by atoms with van der Waals surface area (Å²) in [6.07, 6.45) is 0.960. The number of nitriles is 1. The highest BCUT2D eigenvalue weighted by molar-refractivity contribution is 6.30. The molecule has 1 aliphatic heterocycles. The number of halogens is 1. The van der Waals surface area contributed by atoms with Gasteiger partial charge in [0, 0.05) is 40.4 Å².